The number of carbonyl (C=O) groups is 1. The van der Waals surface area contributed by atoms with Crippen LogP contribution in [0, 0.1) is 0 Å². The van der Waals surface area contributed by atoms with E-state index in [1.54, 1.807) is 0 Å². The van der Waals surface area contributed by atoms with Crippen molar-refractivity contribution in [1.29, 1.82) is 0 Å². The van der Waals surface area contributed by atoms with Gasteiger partial charge in [0.25, 0.3) is 0 Å². The number of carboxylic acids is 1. The molecule has 0 heterocycles. The molecule has 0 aromatic heterocycles. The van der Waals surface area contributed by atoms with E-state index in [4.69, 9.17) is 0 Å². The SMILES string of the molecule is CCCN(CC)C1(C(=O)O)Cc2ccccc2C1. The molecule has 0 amide bonds. The average molecular weight is 247 g/mol. The van der Waals surface area contributed by atoms with Gasteiger partial charge in [-0.15, -0.1) is 0 Å². The molecule has 18 heavy (non-hydrogen) atoms. The molecule has 1 aromatic rings. The van der Waals surface area contributed by atoms with Crippen molar-refractivity contribution in [2.24, 2.45) is 0 Å². The minimum atomic E-state index is -0.728. The van der Waals surface area contributed by atoms with E-state index in [9.17, 15) is 9.90 Å². The number of aliphatic carboxylic acids is 1. The summed E-state index contributed by atoms with van der Waals surface area (Å²) in [6, 6.07) is 8.10. The lowest BCUT2D eigenvalue weighted by atomic mass is 9.93. The Hall–Kier alpha value is -1.35. The Bertz CT molecular complexity index is 417. The molecule has 3 heteroatoms. The van der Waals surface area contributed by atoms with Crippen LogP contribution in [0.15, 0.2) is 24.3 Å². The van der Waals surface area contributed by atoms with Crippen molar-refractivity contribution in [3.05, 3.63) is 35.4 Å². The highest BCUT2D eigenvalue weighted by molar-refractivity contribution is 5.81. The zero-order valence-corrected chi connectivity index (χ0v) is 11.1. The maximum atomic E-state index is 11.8. The fourth-order valence-corrected chi connectivity index (χ4v) is 3.05. The number of nitrogens with zero attached hydrogens (tertiary/aromatic N) is 1. The number of fused-ring (bicyclic) bond motifs is 1. The van der Waals surface area contributed by atoms with Crippen LogP contribution >= 0.6 is 0 Å². The smallest absolute Gasteiger partial charge is 0.324 e. The summed E-state index contributed by atoms with van der Waals surface area (Å²) in [5.74, 6) is -0.686. The van der Waals surface area contributed by atoms with Gasteiger partial charge in [0.1, 0.15) is 5.54 Å². The number of carboxylic acid groups (broad SMARTS) is 1. The third-order valence-electron chi connectivity index (χ3n) is 3.96. The van der Waals surface area contributed by atoms with Crippen LogP contribution in [0.4, 0.5) is 0 Å². The molecule has 0 aliphatic heterocycles. The predicted octanol–water partition coefficient (Wildman–Crippen LogP) is 2.34. The van der Waals surface area contributed by atoms with E-state index in [0.717, 1.165) is 19.5 Å². The topological polar surface area (TPSA) is 40.5 Å². The molecule has 0 spiro atoms. The third-order valence-corrected chi connectivity index (χ3v) is 3.96. The number of hydrogen-bond acceptors (Lipinski definition) is 2. The van der Waals surface area contributed by atoms with Crippen molar-refractivity contribution in [2.75, 3.05) is 13.1 Å². The van der Waals surface area contributed by atoms with E-state index >= 15 is 0 Å². The van der Waals surface area contributed by atoms with Gasteiger partial charge in [-0.2, -0.15) is 0 Å². The zero-order chi connectivity index (χ0) is 13.2. The summed E-state index contributed by atoms with van der Waals surface area (Å²) in [5, 5.41) is 9.72. The quantitative estimate of drug-likeness (QED) is 0.868. The molecule has 0 bridgehead atoms. The summed E-state index contributed by atoms with van der Waals surface area (Å²) in [4.78, 5) is 13.9. The first kappa shape index (κ1) is 13.1. The average Bonchev–Trinajstić information content (AvgIpc) is 2.76. The van der Waals surface area contributed by atoms with E-state index in [2.05, 4.69) is 24.0 Å². The largest absolute Gasteiger partial charge is 0.480 e. The lowest BCUT2D eigenvalue weighted by molar-refractivity contribution is -0.151. The van der Waals surface area contributed by atoms with Crippen LogP contribution in [-0.4, -0.2) is 34.6 Å². The van der Waals surface area contributed by atoms with E-state index in [-0.39, 0.29) is 0 Å². The first-order valence-corrected chi connectivity index (χ1v) is 6.69. The molecule has 2 rings (SSSR count). The number of benzene rings is 1. The summed E-state index contributed by atoms with van der Waals surface area (Å²) >= 11 is 0. The normalized spacial score (nSPS) is 16.8. The van der Waals surface area contributed by atoms with Crippen molar-refractivity contribution < 1.29 is 9.90 Å². The molecule has 3 nitrogen and oxygen atoms in total. The summed E-state index contributed by atoms with van der Waals surface area (Å²) in [5.41, 5.74) is 1.65. The molecule has 0 saturated heterocycles. The monoisotopic (exact) mass is 247 g/mol. The highest BCUT2D eigenvalue weighted by Gasteiger charge is 2.47. The molecule has 0 atom stereocenters. The Morgan fingerprint density at radius 3 is 2.22 bits per heavy atom. The van der Waals surface area contributed by atoms with Crippen molar-refractivity contribution >= 4 is 5.97 Å². The third kappa shape index (κ3) is 2.03. The highest BCUT2D eigenvalue weighted by atomic mass is 16.4. The van der Waals surface area contributed by atoms with Gasteiger partial charge in [0, 0.05) is 12.8 Å². The molecule has 0 saturated carbocycles. The van der Waals surface area contributed by atoms with Gasteiger partial charge in [-0.1, -0.05) is 38.1 Å². The van der Waals surface area contributed by atoms with Gasteiger partial charge in [0.15, 0.2) is 0 Å². The van der Waals surface area contributed by atoms with Crippen LogP contribution < -0.4 is 0 Å². The van der Waals surface area contributed by atoms with Crippen molar-refractivity contribution in [2.45, 2.75) is 38.6 Å². The lowest BCUT2D eigenvalue weighted by Crippen LogP contribution is -2.55. The van der Waals surface area contributed by atoms with Crippen LogP contribution in [0.5, 0.6) is 0 Å². The molecule has 0 radical (unpaired) electrons. The van der Waals surface area contributed by atoms with Crippen molar-refractivity contribution in [3.8, 4) is 0 Å². The van der Waals surface area contributed by atoms with Crippen LogP contribution in [0.3, 0.4) is 0 Å². The van der Waals surface area contributed by atoms with Crippen LogP contribution in [0.2, 0.25) is 0 Å². The fourth-order valence-electron chi connectivity index (χ4n) is 3.05. The summed E-state index contributed by atoms with van der Waals surface area (Å²) in [6.45, 7) is 5.77. The summed E-state index contributed by atoms with van der Waals surface area (Å²) in [7, 11) is 0. The van der Waals surface area contributed by atoms with E-state index in [1.165, 1.54) is 11.1 Å². The second kappa shape index (κ2) is 5.11. The van der Waals surface area contributed by atoms with Gasteiger partial charge in [-0.3, -0.25) is 9.69 Å². The van der Waals surface area contributed by atoms with E-state index in [1.807, 2.05) is 19.1 Å². The predicted molar refractivity (Wildman–Crippen MR) is 71.8 cm³/mol. The molecule has 1 aliphatic carbocycles. The van der Waals surface area contributed by atoms with Gasteiger partial charge < -0.3 is 5.11 Å². The Morgan fingerprint density at radius 2 is 1.83 bits per heavy atom. The molecule has 98 valence electrons. The Balaban J connectivity index is 2.35. The van der Waals surface area contributed by atoms with Crippen LogP contribution in [0.1, 0.15) is 31.4 Å². The maximum absolute atomic E-state index is 11.8. The van der Waals surface area contributed by atoms with E-state index < -0.39 is 11.5 Å². The second-order valence-corrected chi connectivity index (χ2v) is 5.04. The van der Waals surface area contributed by atoms with Gasteiger partial charge in [0.2, 0.25) is 0 Å². The van der Waals surface area contributed by atoms with Gasteiger partial charge in [0.05, 0.1) is 0 Å². The zero-order valence-electron chi connectivity index (χ0n) is 11.1. The van der Waals surface area contributed by atoms with Gasteiger partial charge in [-0.05, 0) is 30.6 Å². The van der Waals surface area contributed by atoms with Crippen molar-refractivity contribution in [3.63, 3.8) is 0 Å². The van der Waals surface area contributed by atoms with Crippen LogP contribution in [0.25, 0.3) is 0 Å². The molecule has 1 aliphatic rings. The summed E-state index contributed by atoms with van der Waals surface area (Å²) < 4.78 is 0. The lowest BCUT2D eigenvalue weighted by Gasteiger charge is -2.37. The van der Waals surface area contributed by atoms with Gasteiger partial charge in [-0.25, -0.2) is 0 Å². The fraction of sp³-hybridized carbons (Fsp3) is 0.533. The Kier molecular flexibility index (Phi) is 3.71. The molecule has 1 aromatic carbocycles. The molecular formula is C15H21NO2. The van der Waals surface area contributed by atoms with Crippen LogP contribution in [-0.2, 0) is 17.6 Å². The minimum absolute atomic E-state index is 0.631. The minimum Gasteiger partial charge on any atom is -0.480 e. The second-order valence-electron chi connectivity index (χ2n) is 5.04. The van der Waals surface area contributed by atoms with Gasteiger partial charge >= 0.3 is 5.97 Å². The van der Waals surface area contributed by atoms with E-state index in [0.29, 0.717) is 12.8 Å². The first-order valence-electron chi connectivity index (χ1n) is 6.69. The molecule has 1 N–H and O–H groups in total. The molecule has 0 fully saturated rings. The number of rotatable bonds is 5. The number of likely N-dealkylation sites (N-methyl/N-ethyl adjacent to an activating group) is 1. The highest BCUT2D eigenvalue weighted by Crippen LogP contribution is 2.35. The molecule has 0 unspecified atom stereocenters. The summed E-state index contributed by atoms with van der Waals surface area (Å²) in [6.07, 6.45) is 2.25. The number of hydrogen-bond donors (Lipinski definition) is 1. The Morgan fingerprint density at radius 1 is 1.28 bits per heavy atom. The Labute approximate surface area is 108 Å². The standard InChI is InChI=1S/C15H21NO2/c1-3-9-16(4-2)15(14(17)18)10-12-7-5-6-8-13(12)11-15/h5-8H,3-4,9-11H2,1-2H3,(H,17,18). The first-order chi connectivity index (χ1) is 8.64. The van der Waals surface area contributed by atoms with Crippen molar-refractivity contribution in [1.82, 2.24) is 4.90 Å². The molecular weight excluding hydrogens is 226 g/mol. The maximum Gasteiger partial charge on any atom is 0.324 e.